The Balaban J connectivity index is 2.42. The molecule has 9 heteroatoms. The maximum atomic E-state index is 12.2. The molecule has 0 aliphatic rings. The summed E-state index contributed by atoms with van der Waals surface area (Å²) in [6.45, 7) is 0. The van der Waals surface area contributed by atoms with E-state index in [-0.39, 0.29) is 10.0 Å². The molecule has 1 aromatic heterocycles. The molecule has 0 spiro atoms. The van der Waals surface area contributed by atoms with Gasteiger partial charge in [0.15, 0.2) is 5.03 Å². The molecule has 0 saturated heterocycles. The predicted octanol–water partition coefficient (Wildman–Crippen LogP) is 1.62. The average molecular weight is 375 g/mol. The van der Waals surface area contributed by atoms with Crippen LogP contribution in [0.2, 0.25) is 0 Å². The minimum absolute atomic E-state index is 0.0724. The first-order valence-corrected chi connectivity index (χ1v) is 8.08. The van der Waals surface area contributed by atoms with E-state index in [1.807, 2.05) is 0 Å². The van der Waals surface area contributed by atoms with Crippen LogP contribution >= 0.6 is 28.1 Å². The molecule has 20 heavy (non-hydrogen) atoms. The minimum atomic E-state index is -3.77. The van der Waals surface area contributed by atoms with Crippen molar-refractivity contribution in [3.8, 4) is 0 Å². The Morgan fingerprint density at radius 1 is 1.50 bits per heavy atom. The van der Waals surface area contributed by atoms with Crippen LogP contribution in [0.4, 0.5) is 5.69 Å². The Hall–Kier alpha value is -1.45. The number of imidazole rings is 1. The molecule has 0 fully saturated rings. The third kappa shape index (κ3) is 3.17. The monoisotopic (exact) mass is 374 g/mol. The lowest BCUT2D eigenvalue weighted by molar-refractivity contribution is 0.598. The fourth-order valence-electron chi connectivity index (χ4n) is 1.53. The summed E-state index contributed by atoms with van der Waals surface area (Å²) in [6, 6.07) is 4.93. The number of hydrogen-bond donors (Lipinski definition) is 2. The van der Waals surface area contributed by atoms with Crippen molar-refractivity contribution in [2.75, 3.05) is 4.72 Å². The van der Waals surface area contributed by atoms with Gasteiger partial charge >= 0.3 is 0 Å². The van der Waals surface area contributed by atoms with E-state index in [4.69, 9.17) is 18.0 Å². The van der Waals surface area contributed by atoms with Gasteiger partial charge in [0.1, 0.15) is 4.99 Å². The molecule has 1 heterocycles. The Morgan fingerprint density at radius 2 is 2.20 bits per heavy atom. The smallest absolute Gasteiger partial charge is 0.280 e. The molecule has 0 aliphatic heterocycles. The van der Waals surface area contributed by atoms with Crippen LogP contribution in [0.3, 0.4) is 0 Å². The molecule has 3 N–H and O–H groups in total. The summed E-state index contributed by atoms with van der Waals surface area (Å²) in [4.78, 5) is 3.92. The lowest BCUT2D eigenvalue weighted by atomic mass is 10.2. The molecule has 2 aromatic rings. The molecule has 106 valence electrons. The fourth-order valence-corrected chi connectivity index (χ4v) is 3.13. The van der Waals surface area contributed by atoms with Crippen molar-refractivity contribution in [1.82, 2.24) is 9.55 Å². The number of aromatic nitrogens is 2. The van der Waals surface area contributed by atoms with Gasteiger partial charge < -0.3 is 10.3 Å². The van der Waals surface area contributed by atoms with Crippen LogP contribution in [-0.2, 0) is 17.1 Å². The lowest BCUT2D eigenvalue weighted by Crippen LogP contribution is -2.18. The first-order chi connectivity index (χ1) is 9.29. The largest absolute Gasteiger partial charge is 0.389 e. The van der Waals surface area contributed by atoms with Crippen molar-refractivity contribution in [3.05, 3.63) is 40.8 Å². The number of anilines is 1. The Kier molecular flexibility index (Phi) is 4.11. The second kappa shape index (κ2) is 5.51. The zero-order chi connectivity index (χ0) is 14.9. The molecule has 0 aliphatic carbocycles. The van der Waals surface area contributed by atoms with Crippen LogP contribution in [0, 0.1) is 0 Å². The summed E-state index contributed by atoms with van der Waals surface area (Å²) >= 11 is 8.21. The SMILES string of the molecule is Cn1cnc(S(=O)(=O)Nc2ccc(Br)cc2C(N)=S)c1. The molecule has 6 nitrogen and oxygen atoms in total. The van der Waals surface area contributed by atoms with Crippen molar-refractivity contribution < 1.29 is 8.42 Å². The highest BCUT2D eigenvalue weighted by Crippen LogP contribution is 2.23. The molecule has 0 amide bonds. The van der Waals surface area contributed by atoms with E-state index in [0.29, 0.717) is 11.3 Å². The van der Waals surface area contributed by atoms with Crippen molar-refractivity contribution in [2.45, 2.75) is 5.03 Å². The number of nitrogens with zero attached hydrogens (tertiary/aromatic N) is 2. The van der Waals surface area contributed by atoms with E-state index in [0.717, 1.165) is 4.47 Å². The van der Waals surface area contributed by atoms with Crippen molar-refractivity contribution in [1.29, 1.82) is 0 Å². The second-order valence-electron chi connectivity index (χ2n) is 4.04. The second-order valence-corrected chi connectivity index (χ2v) is 7.02. The zero-order valence-electron chi connectivity index (χ0n) is 10.4. The van der Waals surface area contributed by atoms with Gasteiger partial charge in [-0.2, -0.15) is 8.42 Å². The molecule has 2 rings (SSSR count). The summed E-state index contributed by atoms with van der Waals surface area (Å²) in [5, 5.41) is -0.0724. The van der Waals surface area contributed by atoms with Gasteiger partial charge in [0.2, 0.25) is 0 Å². The van der Waals surface area contributed by atoms with Gasteiger partial charge in [-0.05, 0) is 18.2 Å². The van der Waals surface area contributed by atoms with E-state index < -0.39 is 10.0 Å². The van der Waals surface area contributed by atoms with Crippen molar-refractivity contribution in [3.63, 3.8) is 0 Å². The van der Waals surface area contributed by atoms with E-state index in [2.05, 4.69) is 25.6 Å². The molecule has 0 unspecified atom stereocenters. The zero-order valence-corrected chi connectivity index (χ0v) is 13.6. The fraction of sp³-hybridized carbons (Fsp3) is 0.0909. The number of halogens is 1. The maximum Gasteiger partial charge on any atom is 0.280 e. The number of thiocarbonyl (C=S) groups is 1. The minimum Gasteiger partial charge on any atom is -0.389 e. The normalized spacial score (nSPS) is 11.3. The van der Waals surface area contributed by atoms with Crippen LogP contribution in [-0.4, -0.2) is 23.0 Å². The molecule has 0 bridgehead atoms. The van der Waals surface area contributed by atoms with Gasteiger partial charge in [0, 0.05) is 23.3 Å². The van der Waals surface area contributed by atoms with E-state index >= 15 is 0 Å². The number of aryl methyl sites for hydroxylation is 1. The first-order valence-electron chi connectivity index (χ1n) is 5.40. The van der Waals surface area contributed by atoms with E-state index in [1.165, 1.54) is 12.5 Å². The highest BCUT2D eigenvalue weighted by atomic mass is 79.9. The first kappa shape index (κ1) is 14.9. The number of rotatable bonds is 4. The molecule has 0 atom stereocenters. The number of hydrogen-bond acceptors (Lipinski definition) is 4. The Morgan fingerprint density at radius 3 is 2.75 bits per heavy atom. The van der Waals surface area contributed by atoms with Gasteiger partial charge in [-0.15, -0.1) is 0 Å². The van der Waals surface area contributed by atoms with Gasteiger partial charge in [0.25, 0.3) is 10.0 Å². The lowest BCUT2D eigenvalue weighted by Gasteiger charge is -2.11. The van der Waals surface area contributed by atoms with Crippen LogP contribution in [0.15, 0.2) is 40.2 Å². The van der Waals surface area contributed by atoms with Gasteiger partial charge in [-0.25, -0.2) is 4.98 Å². The molecule has 1 aromatic carbocycles. The van der Waals surface area contributed by atoms with E-state index in [1.54, 1.807) is 29.8 Å². The highest BCUT2D eigenvalue weighted by Gasteiger charge is 2.19. The van der Waals surface area contributed by atoms with Gasteiger partial charge in [0.05, 0.1) is 12.0 Å². The topological polar surface area (TPSA) is 90.0 Å². The quantitative estimate of drug-likeness (QED) is 0.793. The summed E-state index contributed by atoms with van der Waals surface area (Å²) in [5.74, 6) is 0. The number of nitrogens with one attached hydrogen (secondary N) is 1. The summed E-state index contributed by atoms with van der Waals surface area (Å²) < 4.78 is 29.1. The van der Waals surface area contributed by atoms with Crippen LogP contribution in [0.5, 0.6) is 0 Å². The van der Waals surface area contributed by atoms with Crippen LogP contribution < -0.4 is 10.5 Å². The van der Waals surface area contributed by atoms with Crippen molar-refractivity contribution >= 4 is 48.8 Å². The Labute approximate surface area is 130 Å². The molecular formula is C11H11BrN4O2S2. The average Bonchev–Trinajstić information content (AvgIpc) is 2.78. The highest BCUT2D eigenvalue weighted by molar-refractivity contribution is 9.10. The molecular weight excluding hydrogens is 364 g/mol. The maximum absolute atomic E-state index is 12.2. The van der Waals surface area contributed by atoms with Gasteiger partial charge in [-0.3, -0.25) is 4.72 Å². The number of benzene rings is 1. The third-order valence-corrected chi connectivity index (χ3v) is 4.41. The van der Waals surface area contributed by atoms with Gasteiger partial charge in [-0.1, -0.05) is 28.1 Å². The van der Waals surface area contributed by atoms with Crippen LogP contribution in [0.25, 0.3) is 0 Å². The molecule has 0 radical (unpaired) electrons. The van der Waals surface area contributed by atoms with E-state index in [9.17, 15) is 8.42 Å². The molecule has 0 saturated carbocycles. The number of nitrogens with two attached hydrogens (primary N) is 1. The van der Waals surface area contributed by atoms with Crippen LogP contribution in [0.1, 0.15) is 5.56 Å². The summed E-state index contributed by atoms with van der Waals surface area (Å²) in [5.41, 5.74) is 6.35. The standard InChI is InChI=1S/C11H11BrN4O2S2/c1-16-5-10(14-6-16)20(17,18)15-9-3-2-7(12)4-8(9)11(13)19/h2-6,15H,1H3,(H2,13,19). The number of sulfonamides is 1. The van der Waals surface area contributed by atoms with Crippen molar-refractivity contribution in [2.24, 2.45) is 12.8 Å². The third-order valence-electron chi connectivity index (χ3n) is 2.45. The summed E-state index contributed by atoms with van der Waals surface area (Å²) in [7, 11) is -2.09. The summed E-state index contributed by atoms with van der Waals surface area (Å²) in [6.07, 6.45) is 2.81. The predicted molar refractivity (Wildman–Crippen MR) is 84.0 cm³/mol. The Bertz CT molecular complexity index is 770.